The Morgan fingerprint density at radius 1 is 0.919 bits per heavy atom. The van der Waals surface area contributed by atoms with Crippen LogP contribution in [0.4, 0.5) is 4.79 Å². The second-order valence-electron chi connectivity index (χ2n) is 17.5. The van der Waals surface area contributed by atoms with Crippen LogP contribution >= 0.6 is 0 Å². The van der Waals surface area contributed by atoms with Gasteiger partial charge in [0.25, 0.3) is 0 Å². The Labute approximate surface area is 370 Å². The number of nitrogens with zero attached hydrogens (tertiary/aromatic N) is 2. The first-order valence-corrected chi connectivity index (χ1v) is 24.1. The maximum Gasteiger partial charge on any atom is 0.410 e. The highest BCUT2D eigenvalue weighted by molar-refractivity contribution is 6.03. The first-order chi connectivity index (χ1) is 30.4. The van der Waals surface area contributed by atoms with Crippen LogP contribution in [-0.4, -0.2) is 115 Å². The van der Waals surface area contributed by atoms with Gasteiger partial charge in [-0.05, 0) is 80.6 Å². The van der Waals surface area contributed by atoms with Crippen LogP contribution in [0.25, 0.3) is 0 Å². The van der Waals surface area contributed by atoms with E-state index in [4.69, 9.17) is 33.7 Å². The van der Waals surface area contributed by atoms with Crippen molar-refractivity contribution in [3.05, 3.63) is 48.1 Å². The van der Waals surface area contributed by atoms with Gasteiger partial charge < -0.3 is 48.9 Å². The molecule has 13 nitrogen and oxygen atoms in total. The number of carbonyl (C=O) groups excluding carboxylic acids is 1. The maximum absolute atomic E-state index is 14.6. The number of rotatable bonds is 30. The van der Waals surface area contributed by atoms with Crippen LogP contribution in [0.3, 0.4) is 0 Å². The smallest absolute Gasteiger partial charge is 0.410 e. The molecule has 2 heterocycles. The van der Waals surface area contributed by atoms with Crippen molar-refractivity contribution in [2.24, 2.45) is 22.9 Å². The van der Waals surface area contributed by atoms with Crippen molar-refractivity contribution in [3.63, 3.8) is 0 Å². The molecule has 1 aromatic carbocycles. The van der Waals surface area contributed by atoms with Gasteiger partial charge in [-0.15, -0.1) is 6.58 Å². The lowest BCUT2D eigenvalue weighted by Gasteiger charge is -2.59. The number of hydrogen-bond acceptors (Lipinski definition) is 12. The number of allylic oxidation sites excluding steroid dienone is 1. The molecule has 1 aromatic rings. The second kappa shape index (κ2) is 27.2. The van der Waals surface area contributed by atoms with Gasteiger partial charge in [-0.1, -0.05) is 94.9 Å². The van der Waals surface area contributed by atoms with E-state index in [1.807, 2.05) is 0 Å². The van der Waals surface area contributed by atoms with Crippen LogP contribution in [0.15, 0.2) is 47.7 Å². The number of aliphatic hydroxyl groups is 3. The SMILES string of the molecule is C=CCO[C@@]12Oc3ccc(O)cc3[C@H]3[C@H](CCCCO)[C@@H](CCCCO)C=C(C(=NOC4CCCCO4)C[C@@H]1N(CCOCCO)C(=O)OCCCCCCCCCCCC)[C@H]32. The van der Waals surface area contributed by atoms with Gasteiger partial charge in [0.15, 0.2) is 0 Å². The molecule has 5 rings (SSSR count). The zero-order valence-electron chi connectivity index (χ0n) is 37.6. The summed E-state index contributed by atoms with van der Waals surface area (Å²) in [5, 5.41) is 45.2. The molecule has 13 heteroatoms. The Hall–Kier alpha value is -3.20. The van der Waals surface area contributed by atoms with Crippen molar-refractivity contribution in [1.29, 1.82) is 0 Å². The molecule has 2 aliphatic heterocycles. The van der Waals surface area contributed by atoms with E-state index < -0.39 is 30.1 Å². The Morgan fingerprint density at radius 3 is 2.35 bits per heavy atom. The van der Waals surface area contributed by atoms with Gasteiger partial charge in [-0.2, -0.15) is 0 Å². The first-order valence-electron chi connectivity index (χ1n) is 24.1. The third-order valence-electron chi connectivity index (χ3n) is 13.1. The van der Waals surface area contributed by atoms with Crippen molar-refractivity contribution < 1.29 is 53.7 Å². The van der Waals surface area contributed by atoms with Crippen LogP contribution in [-0.2, 0) is 23.8 Å². The van der Waals surface area contributed by atoms with Gasteiger partial charge in [0.1, 0.15) is 17.5 Å². The molecule has 0 spiro atoms. The fraction of sp³-hybridized carbons (Fsp3) is 0.755. The zero-order valence-corrected chi connectivity index (χ0v) is 37.6. The van der Waals surface area contributed by atoms with Crippen molar-refractivity contribution in [2.75, 3.05) is 59.4 Å². The predicted molar refractivity (Wildman–Crippen MR) is 239 cm³/mol. The molecule has 7 atom stereocenters. The van der Waals surface area contributed by atoms with E-state index in [0.29, 0.717) is 37.3 Å². The molecule has 1 amide bonds. The molecule has 0 radical (unpaired) electrons. The maximum atomic E-state index is 14.6. The number of hydrogen-bond donors (Lipinski definition) is 4. The predicted octanol–water partition coefficient (Wildman–Crippen LogP) is 8.92. The quantitative estimate of drug-likeness (QED) is 0.0331. The van der Waals surface area contributed by atoms with E-state index in [1.54, 1.807) is 29.2 Å². The number of phenolic OH excluding ortho intramolecular Hbond substituents is 1. The summed E-state index contributed by atoms with van der Waals surface area (Å²) in [5.74, 6) is -1.49. The number of phenols is 1. The van der Waals surface area contributed by atoms with E-state index in [2.05, 4.69) is 19.6 Å². The van der Waals surface area contributed by atoms with Gasteiger partial charge in [-0.25, -0.2) is 4.79 Å². The van der Waals surface area contributed by atoms with Gasteiger partial charge in [0.05, 0.1) is 51.3 Å². The second-order valence-corrected chi connectivity index (χ2v) is 17.5. The number of amides is 1. The molecule has 62 heavy (non-hydrogen) atoms. The highest BCUT2D eigenvalue weighted by atomic mass is 16.8. The van der Waals surface area contributed by atoms with E-state index >= 15 is 0 Å². The topological polar surface area (TPSA) is 169 Å². The molecule has 0 bridgehead atoms. The minimum absolute atomic E-state index is 0.0253. The molecule has 0 aromatic heterocycles. The number of oxime groups is 1. The standard InChI is InChI=1S/C49H78N2O11/c1-3-5-6-7-8-9-10-11-12-18-31-59-48(56)51(25-32-57-33-28-54)44-36-42(50-62-45-22-15-19-30-58-45)40-34-37(20-13-16-26-52)39(21-14-17-27-53)46-41-35-38(55)23-24-43(41)61-49(44,47(40)46)60-29-4-2/h4,23-24,34-35,37,39,44-47,52-55H,2-3,5-22,25-33,36H2,1H3/t37-,39+,44-,45?,46+,47+,49+/m0/s1. The van der Waals surface area contributed by atoms with E-state index in [-0.39, 0.29) is 82.7 Å². The highest BCUT2D eigenvalue weighted by Crippen LogP contribution is 2.62. The van der Waals surface area contributed by atoms with E-state index in [9.17, 15) is 25.2 Å². The van der Waals surface area contributed by atoms with Crippen LogP contribution in [0.1, 0.15) is 147 Å². The van der Waals surface area contributed by atoms with E-state index in [1.165, 1.54) is 44.9 Å². The molecule has 1 unspecified atom stereocenters. The van der Waals surface area contributed by atoms with Crippen molar-refractivity contribution >= 4 is 11.8 Å². The minimum Gasteiger partial charge on any atom is -0.508 e. The largest absolute Gasteiger partial charge is 0.508 e. The average molecular weight is 871 g/mol. The van der Waals surface area contributed by atoms with Gasteiger partial charge in [0, 0.05) is 44.1 Å². The number of aliphatic hydroxyl groups excluding tert-OH is 3. The molecular formula is C49H78N2O11. The Kier molecular flexibility index (Phi) is 21.9. The molecule has 350 valence electrons. The summed E-state index contributed by atoms with van der Waals surface area (Å²) in [6, 6.07) is 4.40. The van der Waals surface area contributed by atoms with Gasteiger partial charge in [-0.3, -0.25) is 4.90 Å². The number of unbranched alkanes of at least 4 members (excludes halogenated alkanes) is 11. The lowest BCUT2D eigenvalue weighted by molar-refractivity contribution is -0.256. The van der Waals surface area contributed by atoms with Gasteiger partial charge >= 0.3 is 6.09 Å². The van der Waals surface area contributed by atoms with Crippen molar-refractivity contribution in [1.82, 2.24) is 4.90 Å². The summed E-state index contributed by atoms with van der Waals surface area (Å²) >= 11 is 0. The highest BCUT2D eigenvalue weighted by Gasteiger charge is 2.65. The number of aromatic hydroxyl groups is 1. The Balaban J connectivity index is 1.56. The zero-order chi connectivity index (χ0) is 44.0. The monoisotopic (exact) mass is 871 g/mol. The molecule has 1 saturated carbocycles. The lowest BCUT2D eigenvalue weighted by atomic mass is 9.55. The molecule has 1 saturated heterocycles. The third-order valence-corrected chi connectivity index (χ3v) is 13.1. The lowest BCUT2D eigenvalue weighted by Crippen LogP contribution is -2.70. The van der Waals surface area contributed by atoms with Crippen LogP contribution < -0.4 is 4.74 Å². The summed E-state index contributed by atoms with van der Waals surface area (Å²) in [5.41, 5.74) is 2.41. The summed E-state index contributed by atoms with van der Waals surface area (Å²) in [6.45, 7) is 7.64. The van der Waals surface area contributed by atoms with E-state index in [0.717, 1.165) is 68.9 Å². The molecular weight excluding hydrogens is 793 g/mol. The van der Waals surface area contributed by atoms with Crippen LogP contribution in [0.5, 0.6) is 11.5 Å². The molecule has 2 fully saturated rings. The summed E-state index contributed by atoms with van der Waals surface area (Å²) in [7, 11) is 0. The Bertz CT molecular complexity index is 1530. The van der Waals surface area contributed by atoms with Gasteiger partial charge in [0.2, 0.25) is 12.1 Å². The molecule has 2 aliphatic carbocycles. The summed E-state index contributed by atoms with van der Waals surface area (Å²) in [4.78, 5) is 22.5. The minimum atomic E-state index is -1.46. The van der Waals surface area contributed by atoms with Crippen LogP contribution in [0.2, 0.25) is 0 Å². The summed E-state index contributed by atoms with van der Waals surface area (Å²) < 4.78 is 32.1. The summed E-state index contributed by atoms with van der Waals surface area (Å²) in [6.07, 6.45) is 22.0. The van der Waals surface area contributed by atoms with Crippen LogP contribution in [0, 0.1) is 17.8 Å². The number of ether oxygens (including phenoxy) is 5. The number of fused-ring (bicyclic) bond motifs is 2. The number of carbonyl (C=O) groups is 1. The number of benzene rings is 1. The average Bonchev–Trinajstić information content (AvgIpc) is 3.28. The molecule has 4 N–H and O–H groups in total. The fourth-order valence-electron chi connectivity index (χ4n) is 10.1. The normalized spacial score (nSPS) is 25.9. The Morgan fingerprint density at radius 2 is 1.66 bits per heavy atom. The molecule has 4 aliphatic rings. The fourth-order valence-corrected chi connectivity index (χ4v) is 10.1. The van der Waals surface area contributed by atoms with Crippen molar-refractivity contribution in [3.8, 4) is 11.5 Å². The van der Waals surface area contributed by atoms with Crippen molar-refractivity contribution in [2.45, 2.75) is 159 Å². The first kappa shape index (κ1) is 49.8. The third kappa shape index (κ3) is 13.7.